The van der Waals surface area contributed by atoms with Gasteiger partial charge in [-0.15, -0.1) is 0 Å². The normalized spacial score (nSPS) is 27.2. The number of hydrogen-bond acceptors (Lipinski definition) is 3. The molecule has 0 bridgehead atoms. The third-order valence-electron chi connectivity index (χ3n) is 4.55. The van der Waals surface area contributed by atoms with Crippen LogP contribution in [0.3, 0.4) is 0 Å². The predicted molar refractivity (Wildman–Crippen MR) is 89.9 cm³/mol. The Labute approximate surface area is 137 Å². The van der Waals surface area contributed by atoms with Gasteiger partial charge in [0.25, 0.3) is 0 Å². The second-order valence-electron chi connectivity index (χ2n) is 6.13. The molecule has 0 aromatic heterocycles. The van der Waals surface area contributed by atoms with Gasteiger partial charge < -0.3 is 14.6 Å². The Morgan fingerprint density at radius 2 is 1.57 bits per heavy atom. The Kier molecular flexibility index (Phi) is 4.81. The van der Waals surface area contributed by atoms with Crippen LogP contribution in [0.2, 0.25) is 0 Å². The molecule has 23 heavy (non-hydrogen) atoms. The van der Waals surface area contributed by atoms with Gasteiger partial charge in [0.2, 0.25) is 5.79 Å². The zero-order valence-electron chi connectivity index (χ0n) is 13.6. The summed E-state index contributed by atoms with van der Waals surface area (Å²) in [6.45, 7) is 2.43. The fourth-order valence-corrected chi connectivity index (χ4v) is 3.23. The summed E-state index contributed by atoms with van der Waals surface area (Å²) in [5.74, 6) is -1.08. The van der Waals surface area contributed by atoms with Crippen LogP contribution in [-0.4, -0.2) is 18.3 Å². The van der Waals surface area contributed by atoms with Crippen molar-refractivity contribution >= 4 is 0 Å². The average molecular weight is 312 g/mol. The van der Waals surface area contributed by atoms with Gasteiger partial charge in [-0.1, -0.05) is 80.4 Å². The van der Waals surface area contributed by atoms with Gasteiger partial charge in [-0.3, -0.25) is 0 Å². The first-order valence-corrected chi connectivity index (χ1v) is 8.31. The van der Waals surface area contributed by atoms with Crippen LogP contribution >= 0.6 is 0 Å². The lowest BCUT2D eigenvalue weighted by Gasteiger charge is -2.32. The average Bonchev–Trinajstić information content (AvgIpc) is 3.03. The lowest BCUT2D eigenvalue weighted by molar-refractivity contribution is -0.221. The van der Waals surface area contributed by atoms with Gasteiger partial charge in [-0.05, 0) is 12.0 Å². The van der Waals surface area contributed by atoms with Crippen LogP contribution in [0.4, 0.5) is 0 Å². The van der Waals surface area contributed by atoms with Crippen molar-refractivity contribution in [2.45, 2.75) is 37.6 Å². The first-order chi connectivity index (χ1) is 11.2. The van der Waals surface area contributed by atoms with E-state index in [1.54, 1.807) is 0 Å². The Hall–Kier alpha value is -1.68. The molecule has 1 aliphatic rings. The third-order valence-corrected chi connectivity index (χ3v) is 4.55. The maximum absolute atomic E-state index is 10.0. The molecule has 2 aromatic carbocycles. The fraction of sp³-hybridized carbons (Fsp3) is 0.400. The van der Waals surface area contributed by atoms with E-state index in [4.69, 9.17) is 9.47 Å². The Balaban J connectivity index is 1.97. The Morgan fingerprint density at radius 1 is 0.957 bits per heavy atom. The molecule has 2 atom stereocenters. The molecule has 2 unspecified atom stereocenters. The van der Waals surface area contributed by atoms with E-state index >= 15 is 0 Å². The number of ether oxygens (including phenoxy) is 2. The number of unbranched alkanes of at least 4 members (excludes halogenated alkanes) is 1. The summed E-state index contributed by atoms with van der Waals surface area (Å²) in [5.41, 5.74) is 1.46. The quantitative estimate of drug-likeness (QED) is 0.877. The topological polar surface area (TPSA) is 38.7 Å². The molecule has 0 radical (unpaired) electrons. The van der Waals surface area contributed by atoms with E-state index in [0.29, 0.717) is 6.61 Å². The second kappa shape index (κ2) is 6.83. The van der Waals surface area contributed by atoms with Crippen molar-refractivity contribution in [1.82, 2.24) is 0 Å². The lowest BCUT2D eigenvalue weighted by Crippen LogP contribution is -2.36. The predicted octanol–water partition coefficient (Wildman–Crippen LogP) is 3.96. The zero-order chi connectivity index (χ0) is 16.2. The summed E-state index contributed by atoms with van der Waals surface area (Å²) >= 11 is 0. The summed E-state index contributed by atoms with van der Waals surface area (Å²) < 4.78 is 12.6. The maximum atomic E-state index is 10.0. The molecule has 1 saturated heterocycles. The summed E-state index contributed by atoms with van der Waals surface area (Å²) in [5, 5.41) is 10.0. The van der Waals surface area contributed by atoms with Crippen LogP contribution < -0.4 is 0 Å². The van der Waals surface area contributed by atoms with Crippen molar-refractivity contribution in [2.24, 2.45) is 0 Å². The molecular formula is C20H24O3. The number of rotatable bonds is 6. The van der Waals surface area contributed by atoms with E-state index in [2.05, 4.69) is 19.1 Å². The molecule has 122 valence electrons. The standard InChI is InChI=1S/C20H24O3/c1-2-3-14-19(17-10-6-4-7-11-17)16-22-20(15-21,23-19)18-12-8-5-9-13-18/h4-13,21H,2-3,14-16H2,1H3. The molecule has 1 heterocycles. The highest BCUT2D eigenvalue weighted by atomic mass is 16.8. The SMILES string of the molecule is CCCCC1(c2ccccc2)COC(CO)(c2ccccc2)O1. The first kappa shape index (κ1) is 16.2. The van der Waals surface area contributed by atoms with E-state index in [1.807, 2.05) is 48.5 Å². The van der Waals surface area contributed by atoms with Gasteiger partial charge in [0.1, 0.15) is 12.2 Å². The van der Waals surface area contributed by atoms with E-state index in [1.165, 1.54) is 0 Å². The number of benzene rings is 2. The highest BCUT2D eigenvalue weighted by molar-refractivity contribution is 5.27. The zero-order valence-corrected chi connectivity index (χ0v) is 13.6. The largest absolute Gasteiger partial charge is 0.390 e. The summed E-state index contributed by atoms with van der Waals surface area (Å²) in [7, 11) is 0. The summed E-state index contributed by atoms with van der Waals surface area (Å²) in [6.07, 6.45) is 3.02. The number of hydrogen-bond donors (Lipinski definition) is 1. The molecule has 0 saturated carbocycles. The minimum Gasteiger partial charge on any atom is -0.390 e. The minimum atomic E-state index is -1.08. The van der Waals surface area contributed by atoms with Gasteiger partial charge in [0.05, 0.1) is 6.61 Å². The van der Waals surface area contributed by atoms with Crippen LogP contribution in [0.5, 0.6) is 0 Å². The van der Waals surface area contributed by atoms with Gasteiger partial charge in [-0.2, -0.15) is 0 Å². The second-order valence-corrected chi connectivity index (χ2v) is 6.13. The molecule has 2 aromatic rings. The van der Waals surface area contributed by atoms with E-state index < -0.39 is 11.4 Å². The lowest BCUT2D eigenvalue weighted by atomic mass is 9.89. The van der Waals surface area contributed by atoms with Crippen LogP contribution in [0, 0.1) is 0 Å². The number of aliphatic hydroxyl groups excluding tert-OH is 1. The molecule has 1 N–H and O–H groups in total. The summed E-state index contributed by atoms with van der Waals surface area (Å²) in [4.78, 5) is 0. The molecule has 0 aliphatic carbocycles. The minimum absolute atomic E-state index is 0.197. The van der Waals surface area contributed by atoms with Crippen LogP contribution in [0.25, 0.3) is 0 Å². The van der Waals surface area contributed by atoms with E-state index in [0.717, 1.165) is 30.4 Å². The van der Waals surface area contributed by atoms with E-state index in [9.17, 15) is 5.11 Å². The van der Waals surface area contributed by atoms with Gasteiger partial charge >= 0.3 is 0 Å². The molecular weight excluding hydrogens is 288 g/mol. The molecule has 1 fully saturated rings. The van der Waals surface area contributed by atoms with Crippen LogP contribution in [-0.2, 0) is 20.9 Å². The highest BCUT2D eigenvalue weighted by Crippen LogP contribution is 2.46. The van der Waals surface area contributed by atoms with Gasteiger partial charge in [0.15, 0.2) is 0 Å². The Bertz CT molecular complexity index is 613. The van der Waals surface area contributed by atoms with Crippen molar-refractivity contribution < 1.29 is 14.6 Å². The smallest absolute Gasteiger partial charge is 0.219 e. The molecule has 0 amide bonds. The monoisotopic (exact) mass is 312 g/mol. The Morgan fingerprint density at radius 3 is 2.13 bits per heavy atom. The van der Waals surface area contributed by atoms with Crippen molar-refractivity contribution in [3.05, 3.63) is 71.8 Å². The molecule has 3 heteroatoms. The molecule has 3 rings (SSSR count). The molecule has 1 aliphatic heterocycles. The van der Waals surface area contributed by atoms with Crippen LogP contribution in [0.1, 0.15) is 37.3 Å². The van der Waals surface area contributed by atoms with Crippen molar-refractivity contribution in [2.75, 3.05) is 13.2 Å². The van der Waals surface area contributed by atoms with Crippen LogP contribution in [0.15, 0.2) is 60.7 Å². The fourth-order valence-electron chi connectivity index (χ4n) is 3.23. The van der Waals surface area contributed by atoms with Crippen molar-refractivity contribution in [1.29, 1.82) is 0 Å². The van der Waals surface area contributed by atoms with Gasteiger partial charge in [-0.25, -0.2) is 0 Å². The molecule has 0 spiro atoms. The van der Waals surface area contributed by atoms with Gasteiger partial charge in [0, 0.05) is 5.56 Å². The van der Waals surface area contributed by atoms with Crippen molar-refractivity contribution in [3.8, 4) is 0 Å². The first-order valence-electron chi connectivity index (χ1n) is 8.31. The molecule has 3 nitrogen and oxygen atoms in total. The maximum Gasteiger partial charge on any atom is 0.219 e. The van der Waals surface area contributed by atoms with E-state index in [-0.39, 0.29) is 6.61 Å². The summed E-state index contributed by atoms with van der Waals surface area (Å²) in [6, 6.07) is 19.9. The number of aliphatic hydroxyl groups is 1. The van der Waals surface area contributed by atoms with Crippen molar-refractivity contribution in [3.63, 3.8) is 0 Å². The highest BCUT2D eigenvalue weighted by Gasteiger charge is 2.51. The third kappa shape index (κ3) is 3.05.